The Hall–Kier alpha value is -4.31. The van der Waals surface area contributed by atoms with E-state index in [2.05, 4.69) is 135 Å². The average Bonchev–Trinajstić information content (AvgIpc) is 3.28. The third-order valence-corrected chi connectivity index (χ3v) is 9.98. The number of carboxylic acid groups (broad SMARTS) is 1. The van der Waals surface area contributed by atoms with Gasteiger partial charge in [0.05, 0.1) is 34.4 Å². The molecule has 0 fully saturated rings. The van der Waals surface area contributed by atoms with E-state index in [4.69, 9.17) is 18.9 Å². The Bertz CT molecular complexity index is 1490. The fraction of sp³-hybridized carbons (Fsp3) is 0.596. The normalized spacial score (nSPS) is 13.9. The van der Waals surface area contributed by atoms with Gasteiger partial charge in [0.25, 0.3) is 6.29 Å². The van der Waals surface area contributed by atoms with Crippen molar-refractivity contribution in [1.82, 2.24) is 0 Å². The minimum absolute atomic E-state index is 0.176. The molecule has 0 spiro atoms. The fourth-order valence-electron chi connectivity index (χ4n) is 6.10. The zero-order valence-corrected chi connectivity index (χ0v) is 42.0. The van der Waals surface area contributed by atoms with E-state index in [9.17, 15) is 19.5 Å². The highest BCUT2D eigenvalue weighted by Gasteiger charge is 2.25. The summed E-state index contributed by atoms with van der Waals surface area (Å²) in [5, 5.41) is 9.61. The molecule has 9 heteroatoms. The van der Waals surface area contributed by atoms with Crippen LogP contribution in [0.15, 0.2) is 122 Å². The summed E-state index contributed by atoms with van der Waals surface area (Å²) >= 11 is 0. The van der Waals surface area contributed by atoms with Crippen LogP contribution in [0, 0.1) is 0 Å². The van der Waals surface area contributed by atoms with Crippen molar-refractivity contribution in [3.63, 3.8) is 0 Å². The second-order valence-electron chi connectivity index (χ2n) is 17.4. The van der Waals surface area contributed by atoms with Crippen LogP contribution >= 0.6 is 0 Å². The van der Waals surface area contributed by atoms with Gasteiger partial charge >= 0.3 is 17.9 Å². The van der Waals surface area contributed by atoms with Gasteiger partial charge in [0.1, 0.15) is 13.2 Å². The molecule has 9 nitrogen and oxygen atoms in total. The lowest BCUT2D eigenvalue weighted by Crippen LogP contribution is -2.40. The Morgan fingerprint density at radius 3 is 1.29 bits per heavy atom. The highest BCUT2D eigenvalue weighted by atomic mass is 16.7. The molecule has 66 heavy (non-hydrogen) atoms. The lowest BCUT2D eigenvalue weighted by molar-refractivity contribution is -0.870. The number of rotatable bonds is 44. The zero-order chi connectivity index (χ0) is 48.4. The molecule has 0 radical (unpaired) electrons. The summed E-state index contributed by atoms with van der Waals surface area (Å²) in [4.78, 5) is 36.9. The summed E-state index contributed by atoms with van der Waals surface area (Å²) in [5.74, 6) is -2.07. The van der Waals surface area contributed by atoms with Gasteiger partial charge in [-0.25, -0.2) is 4.79 Å². The number of esters is 2. The number of unbranched alkanes of at least 4 members (excludes halogenated alkanes) is 9. The van der Waals surface area contributed by atoms with Crippen LogP contribution in [0.2, 0.25) is 0 Å². The number of carbonyl (C=O) groups excluding carboxylic acids is 2. The first-order valence-electron chi connectivity index (χ1n) is 25.2. The number of nitrogens with zero attached hydrogens (tertiary/aromatic N) is 1. The molecule has 0 rings (SSSR count). The van der Waals surface area contributed by atoms with Gasteiger partial charge in [-0.2, -0.15) is 0 Å². The number of quaternary nitrogens is 1. The summed E-state index contributed by atoms with van der Waals surface area (Å²) in [5.41, 5.74) is 0. The van der Waals surface area contributed by atoms with Gasteiger partial charge < -0.3 is 28.5 Å². The van der Waals surface area contributed by atoms with E-state index >= 15 is 0 Å². The summed E-state index contributed by atoms with van der Waals surface area (Å²) in [6, 6.07) is 0. The molecule has 0 saturated carbocycles. The highest BCUT2D eigenvalue weighted by molar-refractivity contribution is 5.71. The maximum absolute atomic E-state index is 12.7. The first kappa shape index (κ1) is 61.7. The number of carbonyl (C=O) groups is 3. The fourth-order valence-corrected chi connectivity index (χ4v) is 6.10. The number of aliphatic carboxylic acids is 1. The molecule has 0 bridgehead atoms. The van der Waals surface area contributed by atoms with Crippen LogP contribution in [0.25, 0.3) is 0 Å². The Kier molecular flexibility index (Phi) is 44.1. The maximum Gasteiger partial charge on any atom is 0.361 e. The van der Waals surface area contributed by atoms with Crippen LogP contribution < -0.4 is 0 Å². The molecule has 0 aromatic carbocycles. The van der Waals surface area contributed by atoms with Crippen LogP contribution in [0.4, 0.5) is 0 Å². The van der Waals surface area contributed by atoms with Gasteiger partial charge in [-0.3, -0.25) is 9.59 Å². The number of allylic oxidation sites excluding steroid dienone is 20. The molecule has 0 aromatic rings. The summed E-state index contributed by atoms with van der Waals surface area (Å²) in [7, 11) is 5.93. The number of carboxylic acids is 1. The maximum atomic E-state index is 12.7. The molecule has 0 aromatic heterocycles. The first-order valence-corrected chi connectivity index (χ1v) is 25.2. The molecule has 372 valence electrons. The molecule has 0 aliphatic heterocycles. The summed E-state index contributed by atoms with van der Waals surface area (Å²) in [6.07, 6.45) is 63.1. The summed E-state index contributed by atoms with van der Waals surface area (Å²) in [6.45, 7) is 4.62. The lowest BCUT2D eigenvalue weighted by atomic mass is 10.1. The van der Waals surface area contributed by atoms with E-state index in [1.165, 1.54) is 6.42 Å². The minimum Gasteiger partial charge on any atom is -0.477 e. The van der Waals surface area contributed by atoms with E-state index in [1.54, 1.807) is 0 Å². The van der Waals surface area contributed by atoms with E-state index < -0.39 is 24.3 Å². The Morgan fingerprint density at radius 1 is 0.470 bits per heavy atom. The predicted molar refractivity (Wildman–Crippen MR) is 276 cm³/mol. The van der Waals surface area contributed by atoms with Crippen molar-refractivity contribution < 1.29 is 42.9 Å². The molecule has 0 saturated heterocycles. The van der Waals surface area contributed by atoms with Crippen LogP contribution in [0.5, 0.6) is 0 Å². The van der Waals surface area contributed by atoms with Crippen molar-refractivity contribution in [1.29, 1.82) is 0 Å². The van der Waals surface area contributed by atoms with Crippen molar-refractivity contribution in [2.45, 2.75) is 174 Å². The third-order valence-electron chi connectivity index (χ3n) is 9.98. The molecule has 2 atom stereocenters. The topological polar surface area (TPSA) is 108 Å². The largest absolute Gasteiger partial charge is 0.477 e. The Morgan fingerprint density at radius 2 is 0.864 bits per heavy atom. The SMILES string of the molecule is CC/C=C\C/C=C\C/C=C\C/C=C\C/C=C\C/C=C\C/C=C\C/C=C\C/C=C\C/C=C\CCCCCCC(=O)OC(COC(=O)CCCCCCCC)COC(OCC[N+](C)(C)C)C(=O)O. The standard InChI is InChI=1S/C57H91NO8/c1-6-8-10-12-14-15-16-17-18-19-20-21-22-23-24-25-26-27-28-29-30-31-32-33-34-35-36-37-38-39-40-41-42-44-46-48-55(60)66-53(51-64-54(59)47-45-43-13-11-9-7-2)52-65-57(56(61)62)63-50-49-58(3,4)5/h8,10,14-15,17-18,20-21,23-24,26-27,29-30,32-33,35-36,38-39,53,57H,6-7,9,11-13,16,19,22,25,28,31,34,37,40-52H2,1-5H3/p+1/b10-8-,15-14-,18-17-,21-20-,24-23-,27-26-,30-29-,33-32-,36-35-,39-38-. The van der Waals surface area contributed by atoms with Gasteiger partial charge in [-0.1, -0.05) is 180 Å². The van der Waals surface area contributed by atoms with Gasteiger partial charge in [-0.05, 0) is 89.9 Å². The number of hydrogen-bond donors (Lipinski definition) is 1. The van der Waals surface area contributed by atoms with E-state index in [0.29, 0.717) is 17.4 Å². The van der Waals surface area contributed by atoms with Gasteiger partial charge in [0, 0.05) is 12.8 Å². The molecule has 1 N–H and O–H groups in total. The Labute approximate surface area is 402 Å². The van der Waals surface area contributed by atoms with Crippen LogP contribution in [0.1, 0.15) is 162 Å². The molecule has 2 unspecified atom stereocenters. The van der Waals surface area contributed by atoms with Gasteiger partial charge in [-0.15, -0.1) is 0 Å². The molecule has 0 aliphatic rings. The third kappa shape index (κ3) is 47.6. The lowest BCUT2D eigenvalue weighted by Gasteiger charge is -2.25. The molecule has 0 amide bonds. The number of likely N-dealkylation sites (N-methyl/N-ethyl adjacent to an activating group) is 1. The van der Waals surface area contributed by atoms with E-state index in [1.807, 2.05) is 21.1 Å². The second kappa shape index (κ2) is 47.2. The van der Waals surface area contributed by atoms with E-state index in [-0.39, 0.29) is 38.6 Å². The van der Waals surface area contributed by atoms with Crippen LogP contribution in [-0.4, -0.2) is 87.4 Å². The molecule has 0 heterocycles. The molecule has 0 aliphatic carbocycles. The number of hydrogen-bond acceptors (Lipinski definition) is 7. The van der Waals surface area contributed by atoms with Crippen LogP contribution in [0.3, 0.4) is 0 Å². The van der Waals surface area contributed by atoms with Crippen LogP contribution in [-0.2, 0) is 33.3 Å². The van der Waals surface area contributed by atoms with Crippen molar-refractivity contribution in [3.8, 4) is 0 Å². The monoisotopic (exact) mass is 919 g/mol. The van der Waals surface area contributed by atoms with Gasteiger partial charge in [0.15, 0.2) is 6.10 Å². The van der Waals surface area contributed by atoms with Crippen molar-refractivity contribution in [2.75, 3.05) is 47.5 Å². The minimum atomic E-state index is -1.52. The second-order valence-corrected chi connectivity index (χ2v) is 17.4. The molecular weight excluding hydrogens is 827 g/mol. The quantitative estimate of drug-likeness (QED) is 0.0212. The predicted octanol–water partition coefficient (Wildman–Crippen LogP) is 14.2. The van der Waals surface area contributed by atoms with Gasteiger partial charge in [0.2, 0.25) is 0 Å². The average molecular weight is 919 g/mol. The molecular formula is C57H92NO8+. The zero-order valence-electron chi connectivity index (χ0n) is 42.0. The van der Waals surface area contributed by atoms with E-state index in [0.717, 1.165) is 122 Å². The Balaban J connectivity index is 4.21. The highest BCUT2D eigenvalue weighted by Crippen LogP contribution is 2.12. The summed E-state index contributed by atoms with van der Waals surface area (Å²) < 4.78 is 22.6. The number of ether oxygens (including phenoxy) is 4. The smallest absolute Gasteiger partial charge is 0.361 e. The first-order chi connectivity index (χ1) is 32.1. The van der Waals surface area contributed by atoms with Crippen molar-refractivity contribution in [3.05, 3.63) is 122 Å². The van der Waals surface area contributed by atoms with Crippen molar-refractivity contribution in [2.24, 2.45) is 0 Å². The van der Waals surface area contributed by atoms with Crippen molar-refractivity contribution >= 4 is 17.9 Å².